The first-order valence-electron chi connectivity index (χ1n) is 23.2. The number of ether oxygens (including phenoxy) is 2. The maximum atomic E-state index is 12.6. The van der Waals surface area contributed by atoms with E-state index in [-0.39, 0.29) is 38.6 Å². The molecule has 0 heterocycles. The summed E-state index contributed by atoms with van der Waals surface area (Å²) in [6, 6.07) is 0. The minimum absolute atomic E-state index is 0.0561. The minimum atomic E-state index is -4.37. The van der Waals surface area contributed by atoms with E-state index in [0.29, 0.717) is 6.42 Å². The molecular weight excluding hydrogens is 713 g/mol. The molecule has 0 aromatic rings. The predicted molar refractivity (Wildman–Crippen MR) is 229 cm³/mol. The number of hydrogen-bond acceptors (Lipinski definition) is 8. The minimum Gasteiger partial charge on any atom is -0.462 e. The molecular formula is C45H88NO8P. The standard InChI is InChI=1S/C45H88NO8P/c1-3-5-7-9-11-13-15-17-19-20-21-22-24-26-28-30-32-34-36-38-45(48)54-43(42-53-55(49,50)52-40-39-46)41-51-44(47)37-35-33-31-29-27-25-23-18-16-14-12-10-8-6-4-2/h17,19,43H,3-16,18,20-42,46H2,1-2H3,(H,49,50)/b19-17+/t43-/m1/s1. The fourth-order valence-corrected chi connectivity index (χ4v) is 7.45. The fraction of sp³-hybridized carbons (Fsp3) is 0.911. The van der Waals surface area contributed by atoms with Crippen molar-refractivity contribution in [3.63, 3.8) is 0 Å². The molecule has 2 atom stereocenters. The van der Waals surface area contributed by atoms with Crippen LogP contribution in [0, 0.1) is 0 Å². The van der Waals surface area contributed by atoms with Gasteiger partial charge in [0.25, 0.3) is 0 Å². The number of nitrogens with two attached hydrogens (primary N) is 1. The number of phosphoric acid groups is 1. The molecule has 0 aromatic heterocycles. The Morgan fingerprint density at radius 3 is 1.29 bits per heavy atom. The summed E-state index contributed by atoms with van der Waals surface area (Å²) in [5.74, 6) is -0.818. The molecule has 0 bridgehead atoms. The molecule has 0 aliphatic carbocycles. The van der Waals surface area contributed by atoms with Crippen molar-refractivity contribution in [2.45, 2.75) is 238 Å². The van der Waals surface area contributed by atoms with Crippen molar-refractivity contribution in [1.82, 2.24) is 0 Å². The van der Waals surface area contributed by atoms with Crippen LogP contribution in [0.1, 0.15) is 232 Å². The third-order valence-electron chi connectivity index (χ3n) is 10.2. The van der Waals surface area contributed by atoms with Crippen molar-refractivity contribution in [2.24, 2.45) is 5.73 Å². The summed E-state index contributed by atoms with van der Waals surface area (Å²) in [5.41, 5.74) is 5.35. The van der Waals surface area contributed by atoms with Crippen molar-refractivity contribution >= 4 is 19.8 Å². The monoisotopic (exact) mass is 802 g/mol. The average Bonchev–Trinajstić information content (AvgIpc) is 3.17. The number of carbonyl (C=O) groups excluding carboxylic acids is 2. The second-order valence-corrected chi connectivity index (χ2v) is 17.1. The number of esters is 2. The van der Waals surface area contributed by atoms with Crippen LogP contribution < -0.4 is 5.73 Å². The molecule has 0 spiro atoms. The van der Waals surface area contributed by atoms with Gasteiger partial charge in [0.05, 0.1) is 13.2 Å². The SMILES string of the molecule is CCCCCCCC/C=C/CCCCCCCCCCCC(=O)O[C@H](COC(=O)CCCCCCCCCCCCCCCCC)COP(=O)(O)OCCN. The van der Waals surface area contributed by atoms with Gasteiger partial charge in [0, 0.05) is 19.4 Å². The van der Waals surface area contributed by atoms with Crippen LogP contribution >= 0.6 is 7.82 Å². The lowest BCUT2D eigenvalue weighted by Crippen LogP contribution is -2.29. The van der Waals surface area contributed by atoms with Crippen LogP contribution in [0.4, 0.5) is 0 Å². The van der Waals surface area contributed by atoms with E-state index in [0.717, 1.165) is 38.5 Å². The summed E-state index contributed by atoms with van der Waals surface area (Å²) < 4.78 is 32.8. The van der Waals surface area contributed by atoms with Crippen molar-refractivity contribution < 1.29 is 37.6 Å². The molecule has 0 aromatic carbocycles. The first-order chi connectivity index (χ1) is 26.8. The molecule has 0 aliphatic heterocycles. The Bertz CT molecular complexity index is 917. The van der Waals surface area contributed by atoms with Gasteiger partial charge < -0.3 is 20.1 Å². The van der Waals surface area contributed by atoms with E-state index in [4.69, 9.17) is 24.3 Å². The zero-order valence-corrected chi connectivity index (χ0v) is 36.8. The van der Waals surface area contributed by atoms with Crippen LogP contribution in [0.3, 0.4) is 0 Å². The second-order valence-electron chi connectivity index (χ2n) is 15.6. The summed E-state index contributed by atoms with van der Waals surface area (Å²) in [7, 11) is -4.37. The third-order valence-corrected chi connectivity index (χ3v) is 11.1. The van der Waals surface area contributed by atoms with Gasteiger partial charge in [-0.1, -0.05) is 193 Å². The molecule has 0 saturated heterocycles. The summed E-state index contributed by atoms with van der Waals surface area (Å²) in [6.45, 7) is 3.76. The van der Waals surface area contributed by atoms with Gasteiger partial charge >= 0.3 is 19.8 Å². The molecule has 9 nitrogen and oxygen atoms in total. The summed E-state index contributed by atoms with van der Waals surface area (Å²) in [6.07, 6.45) is 43.8. The molecule has 3 N–H and O–H groups in total. The van der Waals surface area contributed by atoms with Gasteiger partial charge in [0.15, 0.2) is 6.10 Å². The zero-order chi connectivity index (χ0) is 40.3. The molecule has 0 aliphatic rings. The highest BCUT2D eigenvalue weighted by Gasteiger charge is 2.26. The van der Waals surface area contributed by atoms with E-state index >= 15 is 0 Å². The molecule has 0 rings (SSSR count). The highest BCUT2D eigenvalue weighted by molar-refractivity contribution is 7.47. The van der Waals surface area contributed by atoms with Gasteiger partial charge in [-0.3, -0.25) is 18.6 Å². The highest BCUT2D eigenvalue weighted by Crippen LogP contribution is 2.43. The largest absolute Gasteiger partial charge is 0.472 e. The first-order valence-corrected chi connectivity index (χ1v) is 24.7. The summed E-state index contributed by atoms with van der Waals surface area (Å²) in [5, 5.41) is 0. The Labute approximate surface area is 339 Å². The molecule has 0 saturated carbocycles. The van der Waals surface area contributed by atoms with Crippen molar-refractivity contribution in [3.05, 3.63) is 12.2 Å². The van der Waals surface area contributed by atoms with Crippen molar-refractivity contribution in [2.75, 3.05) is 26.4 Å². The fourth-order valence-electron chi connectivity index (χ4n) is 6.69. The van der Waals surface area contributed by atoms with Crippen LogP contribution in [0.15, 0.2) is 12.2 Å². The molecule has 0 amide bonds. The van der Waals surface area contributed by atoms with Gasteiger partial charge in [-0.25, -0.2) is 4.57 Å². The van der Waals surface area contributed by atoms with Gasteiger partial charge in [-0.05, 0) is 38.5 Å². The smallest absolute Gasteiger partial charge is 0.462 e. The summed E-state index contributed by atoms with van der Waals surface area (Å²) in [4.78, 5) is 34.9. The number of carbonyl (C=O) groups is 2. The molecule has 10 heteroatoms. The Balaban J connectivity index is 4.08. The molecule has 0 fully saturated rings. The maximum absolute atomic E-state index is 12.6. The Morgan fingerprint density at radius 1 is 0.527 bits per heavy atom. The lowest BCUT2D eigenvalue weighted by atomic mass is 10.0. The Hall–Kier alpha value is -1.25. The number of unbranched alkanes of at least 4 members (excludes halogenated alkanes) is 29. The molecule has 0 radical (unpaired) electrons. The molecule has 55 heavy (non-hydrogen) atoms. The number of hydrogen-bond donors (Lipinski definition) is 2. The first kappa shape index (κ1) is 53.8. The number of allylic oxidation sites excluding steroid dienone is 2. The van der Waals surface area contributed by atoms with Gasteiger partial charge in [0.2, 0.25) is 0 Å². The van der Waals surface area contributed by atoms with E-state index < -0.39 is 26.5 Å². The van der Waals surface area contributed by atoms with Crippen LogP contribution in [-0.2, 0) is 32.7 Å². The Morgan fingerprint density at radius 2 is 0.891 bits per heavy atom. The summed E-state index contributed by atoms with van der Waals surface area (Å²) >= 11 is 0. The lowest BCUT2D eigenvalue weighted by molar-refractivity contribution is -0.161. The highest BCUT2D eigenvalue weighted by atomic mass is 31.2. The van der Waals surface area contributed by atoms with Crippen LogP contribution in [-0.4, -0.2) is 49.3 Å². The topological polar surface area (TPSA) is 134 Å². The quantitative estimate of drug-likeness (QED) is 0.0267. The van der Waals surface area contributed by atoms with Gasteiger partial charge in [-0.2, -0.15) is 0 Å². The maximum Gasteiger partial charge on any atom is 0.472 e. The van der Waals surface area contributed by atoms with E-state index in [2.05, 4.69) is 26.0 Å². The van der Waals surface area contributed by atoms with Gasteiger partial charge in [-0.15, -0.1) is 0 Å². The molecule has 1 unspecified atom stereocenters. The Kier molecular flexibility index (Phi) is 41.4. The predicted octanol–water partition coefficient (Wildman–Crippen LogP) is 13.4. The average molecular weight is 802 g/mol. The lowest BCUT2D eigenvalue weighted by Gasteiger charge is -2.19. The van der Waals surface area contributed by atoms with Crippen LogP contribution in [0.25, 0.3) is 0 Å². The normalized spacial score (nSPS) is 13.3. The zero-order valence-electron chi connectivity index (χ0n) is 35.9. The van der Waals surface area contributed by atoms with E-state index in [1.165, 1.54) is 161 Å². The number of rotatable bonds is 44. The van der Waals surface area contributed by atoms with Gasteiger partial charge in [0.1, 0.15) is 6.61 Å². The number of phosphoric ester groups is 1. The van der Waals surface area contributed by atoms with Crippen molar-refractivity contribution in [3.8, 4) is 0 Å². The third kappa shape index (κ3) is 42.2. The van der Waals surface area contributed by atoms with Crippen LogP contribution in [0.5, 0.6) is 0 Å². The van der Waals surface area contributed by atoms with Crippen LogP contribution in [0.2, 0.25) is 0 Å². The van der Waals surface area contributed by atoms with E-state index in [9.17, 15) is 19.0 Å². The van der Waals surface area contributed by atoms with Crippen molar-refractivity contribution in [1.29, 1.82) is 0 Å². The second kappa shape index (κ2) is 42.4. The van der Waals surface area contributed by atoms with E-state index in [1.54, 1.807) is 0 Å². The molecule has 326 valence electrons. The van der Waals surface area contributed by atoms with E-state index in [1.807, 2.05) is 0 Å².